The van der Waals surface area contributed by atoms with Gasteiger partial charge in [-0.25, -0.2) is 10.6 Å². The maximum atomic E-state index is 12.9. The average molecular weight is 416 g/mol. The van der Waals surface area contributed by atoms with Gasteiger partial charge in [0.1, 0.15) is 5.60 Å². The van der Waals surface area contributed by atoms with Crippen LogP contribution in [0.2, 0.25) is 0 Å². The Bertz CT molecular complexity index is 768. The Labute approximate surface area is 176 Å². The van der Waals surface area contributed by atoms with Gasteiger partial charge in [-0.1, -0.05) is 65.8 Å². The van der Waals surface area contributed by atoms with Crippen LogP contribution in [0, 0.1) is 0 Å². The molecule has 0 saturated heterocycles. The molecule has 0 fully saturated rings. The third-order valence-corrected chi connectivity index (χ3v) is 3.99. The van der Waals surface area contributed by atoms with Crippen molar-refractivity contribution in [3.8, 4) is 0 Å². The van der Waals surface area contributed by atoms with Crippen molar-refractivity contribution in [1.82, 2.24) is 5.17 Å². The van der Waals surface area contributed by atoms with Crippen LogP contribution in [0.25, 0.3) is 0 Å². The Kier molecular flexibility index (Phi) is 8.35. The van der Waals surface area contributed by atoms with Crippen LogP contribution in [0.5, 0.6) is 0 Å². The number of nitrogens with zero attached hydrogens (tertiary/aromatic N) is 1. The Hall–Kier alpha value is -2.94. The van der Waals surface area contributed by atoms with Crippen LogP contribution in [-0.2, 0) is 19.1 Å². The molecule has 0 spiro atoms. The second-order valence-corrected chi connectivity index (χ2v) is 7.58. The summed E-state index contributed by atoms with van der Waals surface area (Å²) in [5.41, 5.74) is 0.726. The first kappa shape index (κ1) is 23.3. The fourth-order valence-corrected chi connectivity index (χ4v) is 2.67. The topological polar surface area (TPSA) is 111 Å². The summed E-state index contributed by atoms with van der Waals surface area (Å²) < 4.78 is 10.8. The Balaban J connectivity index is 2.19. The third kappa shape index (κ3) is 7.14. The Morgan fingerprint density at radius 1 is 1.00 bits per heavy atom. The summed E-state index contributed by atoms with van der Waals surface area (Å²) in [6.07, 6.45) is -1.87. The second-order valence-electron chi connectivity index (χ2n) is 7.58. The van der Waals surface area contributed by atoms with Gasteiger partial charge in [0.2, 0.25) is 0 Å². The van der Waals surface area contributed by atoms with E-state index in [-0.39, 0.29) is 13.0 Å². The van der Waals surface area contributed by atoms with E-state index in [9.17, 15) is 14.7 Å². The van der Waals surface area contributed by atoms with Crippen LogP contribution in [0.3, 0.4) is 0 Å². The number of nitrogens with two attached hydrogens (primary N) is 1. The van der Waals surface area contributed by atoms with Gasteiger partial charge in [-0.3, -0.25) is 4.79 Å². The molecule has 0 aliphatic carbocycles. The minimum atomic E-state index is -1.22. The molecular formula is C22H28N2O6. The van der Waals surface area contributed by atoms with Crippen molar-refractivity contribution in [2.45, 2.75) is 44.9 Å². The normalized spacial score (nSPS) is 12.5. The Morgan fingerprint density at radius 3 is 1.93 bits per heavy atom. The molecule has 8 heteroatoms. The van der Waals surface area contributed by atoms with E-state index < -0.39 is 29.9 Å². The molecule has 3 N–H and O–H groups in total. The molecule has 0 saturated carbocycles. The molecule has 2 rings (SSSR count). The number of aliphatic hydroxyl groups is 1. The molecule has 1 unspecified atom stereocenters. The molecule has 8 nitrogen and oxygen atoms in total. The number of rotatable bonds is 8. The third-order valence-electron chi connectivity index (χ3n) is 3.99. The van der Waals surface area contributed by atoms with Crippen molar-refractivity contribution in [3.63, 3.8) is 0 Å². The summed E-state index contributed by atoms with van der Waals surface area (Å²) in [4.78, 5) is 29.7. The van der Waals surface area contributed by atoms with Crippen molar-refractivity contribution < 1.29 is 29.0 Å². The first-order valence-corrected chi connectivity index (χ1v) is 9.57. The molecule has 0 heterocycles. The van der Waals surface area contributed by atoms with Gasteiger partial charge < -0.3 is 19.4 Å². The number of ether oxygens (including phenoxy) is 2. The monoisotopic (exact) mass is 416 g/mol. The van der Waals surface area contributed by atoms with E-state index in [0.717, 1.165) is 11.1 Å². The van der Waals surface area contributed by atoms with Crippen molar-refractivity contribution >= 4 is 12.1 Å². The number of hydrogen-bond acceptors (Lipinski definition) is 8. The smallest absolute Gasteiger partial charge is 0.451 e. The highest BCUT2D eigenvalue weighted by molar-refractivity contribution is 5.76. The molecule has 2 aromatic rings. The molecule has 2 aromatic carbocycles. The maximum Gasteiger partial charge on any atom is 0.529 e. The highest BCUT2D eigenvalue weighted by atomic mass is 16.8. The van der Waals surface area contributed by atoms with Gasteiger partial charge in [-0.15, -0.1) is 0 Å². The summed E-state index contributed by atoms with van der Waals surface area (Å²) in [6.45, 7) is 4.63. The van der Waals surface area contributed by atoms with Crippen LogP contribution < -0.4 is 5.84 Å². The van der Waals surface area contributed by atoms with Crippen LogP contribution in [0.1, 0.15) is 44.4 Å². The fourth-order valence-electron chi connectivity index (χ4n) is 2.67. The van der Waals surface area contributed by atoms with Gasteiger partial charge >= 0.3 is 12.1 Å². The second kappa shape index (κ2) is 10.7. The van der Waals surface area contributed by atoms with Crippen molar-refractivity contribution in [2.75, 3.05) is 6.61 Å². The number of benzene rings is 2. The number of aliphatic hydroxyl groups excluding tert-OH is 1. The lowest BCUT2D eigenvalue weighted by Gasteiger charge is -2.27. The molecule has 0 aliphatic heterocycles. The first-order valence-electron chi connectivity index (χ1n) is 9.57. The molecule has 30 heavy (non-hydrogen) atoms. The van der Waals surface area contributed by atoms with E-state index in [1.165, 1.54) is 0 Å². The zero-order chi connectivity index (χ0) is 22.1. The van der Waals surface area contributed by atoms with Gasteiger partial charge in [-0.05, 0) is 31.9 Å². The minimum absolute atomic E-state index is 0.103. The SMILES string of the molecule is CC(C)(C)OC(=O)ON(N)C(CCO)C(=O)OC(c1ccccc1)c1ccccc1. The standard InChI is InChI=1S/C22H28N2O6/c1-22(2,3)29-21(27)30-24(23)18(14-15-25)20(26)28-19(16-10-6-4-7-11-16)17-12-8-5-9-13-17/h4-13,18-19,25H,14-15,23H2,1-3H3. The van der Waals surface area contributed by atoms with Gasteiger partial charge in [0.25, 0.3) is 0 Å². The molecule has 0 aliphatic rings. The van der Waals surface area contributed by atoms with Crippen LogP contribution in [0.4, 0.5) is 4.79 Å². The summed E-state index contributed by atoms with van der Waals surface area (Å²) in [6, 6.07) is 17.2. The molecular weight excluding hydrogens is 388 g/mol. The lowest BCUT2D eigenvalue weighted by molar-refractivity contribution is -0.193. The van der Waals surface area contributed by atoms with Crippen molar-refractivity contribution in [2.24, 2.45) is 5.84 Å². The lowest BCUT2D eigenvalue weighted by Crippen LogP contribution is -2.49. The van der Waals surface area contributed by atoms with E-state index in [4.69, 9.17) is 20.2 Å². The summed E-state index contributed by atoms with van der Waals surface area (Å²) >= 11 is 0. The number of carbonyl (C=O) groups excluding carboxylic acids is 2. The van der Waals surface area contributed by atoms with Gasteiger partial charge in [-0.2, -0.15) is 0 Å². The number of carbonyl (C=O) groups is 2. The highest BCUT2D eigenvalue weighted by Crippen LogP contribution is 2.27. The summed E-state index contributed by atoms with van der Waals surface area (Å²) in [5, 5.41) is 9.92. The number of hydrazine groups is 1. The number of hydroxylamine groups is 1. The zero-order valence-electron chi connectivity index (χ0n) is 17.4. The minimum Gasteiger partial charge on any atom is -0.451 e. The molecule has 0 radical (unpaired) electrons. The number of esters is 1. The summed E-state index contributed by atoms with van der Waals surface area (Å²) in [7, 11) is 0. The molecule has 0 amide bonds. The quantitative estimate of drug-likeness (QED) is 0.384. The van der Waals surface area contributed by atoms with E-state index in [2.05, 4.69) is 0 Å². The fraction of sp³-hybridized carbons (Fsp3) is 0.364. The molecule has 162 valence electrons. The van der Waals surface area contributed by atoms with Crippen LogP contribution in [-0.4, -0.2) is 40.7 Å². The van der Waals surface area contributed by atoms with Crippen LogP contribution in [0.15, 0.2) is 60.7 Å². The first-order chi connectivity index (χ1) is 14.2. The Morgan fingerprint density at radius 2 is 1.50 bits per heavy atom. The lowest BCUT2D eigenvalue weighted by atomic mass is 10.0. The predicted molar refractivity (Wildman–Crippen MR) is 110 cm³/mol. The highest BCUT2D eigenvalue weighted by Gasteiger charge is 2.32. The molecule has 0 aromatic heterocycles. The van der Waals surface area contributed by atoms with Gasteiger partial charge in [0.05, 0.1) is 0 Å². The molecule has 0 bridgehead atoms. The van der Waals surface area contributed by atoms with E-state index in [1.807, 2.05) is 60.7 Å². The van der Waals surface area contributed by atoms with Gasteiger partial charge in [0.15, 0.2) is 12.1 Å². The van der Waals surface area contributed by atoms with Crippen molar-refractivity contribution in [3.05, 3.63) is 71.8 Å². The number of hydrogen-bond donors (Lipinski definition) is 2. The van der Waals surface area contributed by atoms with Gasteiger partial charge in [0, 0.05) is 13.0 Å². The largest absolute Gasteiger partial charge is 0.529 e. The maximum absolute atomic E-state index is 12.9. The average Bonchev–Trinajstić information content (AvgIpc) is 2.69. The zero-order valence-corrected chi connectivity index (χ0v) is 17.4. The molecule has 1 atom stereocenters. The van der Waals surface area contributed by atoms with Crippen molar-refractivity contribution in [1.29, 1.82) is 0 Å². The van der Waals surface area contributed by atoms with E-state index in [1.54, 1.807) is 20.8 Å². The van der Waals surface area contributed by atoms with E-state index in [0.29, 0.717) is 5.17 Å². The van der Waals surface area contributed by atoms with Crippen LogP contribution >= 0.6 is 0 Å². The van der Waals surface area contributed by atoms with E-state index >= 15 is 0 Å². The predicted octanol–water partition coefficient (Wildman–Crippen LogP) is 3.11. The summed E-state index contributed by atoms with van der Waals surface area (Å²) in [5.74, 6) is 5.02.